The van der Waals surface area contributed by atoms with E-state index in [0.29, 0.717) is 23.8 Å². The van der Waals surface area contributed by atoms with Gasteiger partial charge in [-0.15, -0.1) is 0 Å². The third-order valence-corrected chi connectivity index (χ3v) is 6.57. The molecule has 6 bridgehead atoms. The van der Waals surface area contributed by atoms with Crippen LogP contribution in [0.3, 0.4) is 0 Å². The minimum atomic E-state index is -4.62. The van der Waals surface area contributed by atoms with Crippen molar-refractivity contribution in [3.8, 4) is 22.6 Å². The fourth-order valence-corrected chi connectivity index (χ4v) is 4.76. The molecule has 1 aliphatic rings. The highest BCUT2D eigenvalue weighted by atomic mass is 35.5. The lowest BCUT2D eigenvalue weighted by atomic mass is 10.0. The van der Waals surface area contributed by atoms with E-state index in [1.165, 1.54) is 6.07 Å². The third kappa shape index (κ3) is 4.71. The Morgan fingerprint density at radius 2 is 1.82 bits per heavy atom. The zero-order valence-electron chi connectivity index (χ0n) is 16.9. The molecule has 1 amide bonds. The Bertz CT molecular complexity index is 1370. The van der Waals surface area contributed by atoms with Gasteiger partial charge < -0.3 is 15.2 Å². The van der Waals surface area contributed by atoms with E-state index in [1.54, 1.807) is 18.2 Å². The minimum absolute atomic E-state index is 0.0725. The van der Waals surface area contributed by atoms with Crippen LogP contribution >= 0.6 is 11.6 Å². The smallest absolute Gasteiger partial charge is 0.265 e. The van der Waals surface area contributed by atoms with Gasteiger partial charge in [0, 0.05) is 23.7 Å². The van der Waals surface area contributed by atoms with Gasteiger partial charge in [-0.25, -0.2) is 17.2 Å². The van der Waals surface area contributed by atoms with Crippen molar-refractivity contribution in [2.24, 2.45) is 0 Å². The molecule has 3 aromatic rings. The van der Waals surface area contributed by atoms with E-state index in [-0.39, 0.29) is 29.3 Å². The summed E-state index contributed by atoms with van der Waals surface area (Å²) in [5.41, 5.74) is -0.435. The molecule has 0 aromatic heterocycles. The fraction of sp³-hybridized carbons (Fsp3) is 0.136. The van der Waals surface area contributed by atoms with Crippen LogP contribution in [0.1, 0.15) is 16.8 Å². The lowest BCUT2D eigenvalue weighted by Gasteiger charge is -2.14. The van der Waals surface area contributed by atoms with Crippen LogP contribution in [0.4, 0.5) is 14.5 Å². The number of phenolic OH excluding ortho intramolecular Hbond substituents is 1. The SMILES string of the molecule is O=C1NCCCOc2cccc(c2)-c2cc(c(F)cc2F)NS(=O)(=O)c2cc1cc(Cl)c2O. The molecule has 3 aromatic carbocycles. The predicted octanol–water partition coefficient (Wildman–Crippen LogP) is 4.30. The molecule has 4 rings (SSSR count). The molecule has 1 heterocycles. The van der Waals surface area contributed by atoms with Crippen LogP contribution in [0.25, 0.3) is 11.1 Å². The van der Waals surface area contributed by atoms with E-state index in [0.717, 1.165) is 18.2 Å². The van der Waals surface area contributed by atoms with Crippen molar-refractivity contribution >= 4 is 33.2 Å². The lowest BCUT2D eigenvalue weighted by Crippen LogP contribution is -2.26. The van der Waals surface area contributed by atoms with E-state index in [2.05, 4.69) is 5.32 Å². The Morgan fingerprint density at radius 1 is 1.03 bits per heavy atom. The number of carbonyl (C=O) groups is 1. The fourth-order valence-electron chi connectivity index (χ4n) is 3.28. The summed E-state index contributed by atoms with van der Waals surface area (Å²) in [6.07, 6.45) is 0.420. The summed E-state index contributed by atoms with van der Waals surface area (Å²) in [6.45, 7) is 0.441. The number of aromatic hydroxyl groups is 1. The van der Waals surface area contributed by atoms with Gasteiger partial charge in [-0.3, -0.25) is 9.52 Å². The molecule has 0 unspecified atom stereocenters. The maximum atomic E-state index is 14.6. The Kier molecular flexibility index (Phi) is 6.13. The first-order valence-electron chi connectivity index (χ1n) is 9.71. The summed E-state index contributed by atoms with van der Waals surface area (Å²) < 4.78 is 62.6. The van der Waals surface area contributed by atoms with Gasteiger partial charge in [0.25, 0.3) is 15.9 Å². The second kappa shape index (κ2) is 8.87. The summed E-state index contributed by atoms with van der Waals surface area (Å²) in [4.78, 5) is 11.7. The van der Waals surface area contributed by atoms with Crippen LogP contribution < -0.4 is 14.8 Å². The number of benzene rings is 3. The first kappa shape index (κ1) is 22.8. The number of anilines is 1. The van der Waals surface area contributed by atoms with E-state index >= 15 is 0 Å². The molecule has 0 saturated carbocycles. The Labute approximate surface area is 193 Å². The molecular formula is C22H17ClF2N2O5S. The molecule has 0 atom stereocenters. The van der Waals surface area contributed by atoms with Crippen LogP contribution in [0, 0.1) is 11.6 Å². The van der Waals surface area contributed by atoms with Crippen molar-refractivity contribution in [2.45, 2.75) is 11.3 Å². The number of hydrogen-bond acceptors (Lipinski definition) is 5. The third-order valence-electron chi connectivity index (χ3n) is 4.90. The van der Waals surface area contributed by atoms with Crippen molar-refractivity contribution in [2.75, 3.05) is 17.9 Å². The van der Waals surface area contributed by atoms with Crippen LogP contribution in [0.2, 0.25) is 5.02 Å². The number of carbonyl (C=O) groups excluding carboxylic acids is 1. The monoisotopic (exact) mass is 494 g/mol. The largest absolute Gasteiger partial charge is 0.505 e. The second-order valence-electron chi connectivity index (χ2n) is 7.21. The van der Waals surface area contributed by atoms with Crippen molar-refractivity contribution in [1.82, 2.24) is 5.32 Å². The normalized spacial score (nSPS) is 15.5. The zero-order chi connectivity index (χ0) is 23.8. The molecule has 0 saturated heterocycles. The summed E-state index contributed by atoms with van der Waals surface area (Å²) in [5, 5.41) is 12.4. The molecule has 3 N–H and O–H groups in total. The first-order valence-corrected chi connectivity index (χ1v) is 11.6. The van der Waals surface area contributed by atoms with E-state index in [4.69, 9.17) is 16.3 Å². The van der Waals surface area contributed by atoms with Gasteiger partial charge >= 0.3 is 0 Å². The van der Waals surface area contributed by atoms with Crippen LogP contribution in [-0.4, -0.2) is 32.6 Å². The Hall–Kier alpha value is -3.37. The van der Waals surface area contributed by atoms with Crippen molar-refractivity contribution in [3.05, 3.63) is 70.8 Å². The Balaban J connectivity index is 1.88. The lowest BCUT2D eigenvalue weighted by molar-refractivity contribution is 0.0951. The predicted molar refractivity (Wildman–Crippen MR) is 118 cm³/mol. The topological polar surface area (TPSA) is 105 Å². The van der Waals surface area contributed by atoms with E-state index < -0.39 is 43.9 Å². The van der Waals surface area contributed by atoms with Crippen molar-refractivity contribution < 1.29 is 31.8 Å². The average molecular weight is 495 g/mol. The number of sulfonamides is 1. The van der Waals surface area contributed by atoms with Gasteiger partial charge in [-0.1, -0.05) is 23.7 Å². The summed E-state index contributed by atoms with van der Waals surface area (Å²) in [5.74, 6) is -3.12. The zero-order valence-corrected chi connectivity index (χ0v) is 18.4. The van der Waals surface area contributed by atoms with Crippen molar-refractivity contribution in [3.63, 3.8) is 0 Å². The van der Waals surface area contributed by atoms with Gasteiger partial charge in [0.1, 0.15) is 22.3 Å². The van der Waals surface area contributed by atoms with E-state index in [1.807, 2.05) is 4.72 Å². The molecule has 0 fully saturated rings. The van der Waals surface area contributed by atoms with E-state index in [9.17, 15) is 27.1 Å². The van der Waals surface area contributed by atoms with Gasteiger partial charge in [-0.05, 0) is 42.3 Å². The minimum Gasteiger partial charge on any atom is -0.505 e. The highest BCUT2D eigenvalue weighted by Crippen LogP contribution is 2.35. The molecular weight excluding hydrogens is 478 g/mol. The molecule has 11 heteroatoms. The number of ether oxygens (including phenoxy) is 1. The molecule has 0 spiro atoms. The number of fused-ring (bicyclic) bond motifs is 7. The maximum absolute atomic E-state index is 14.6. The molecule has 1 aliphatic heterocycles. The number of halogens is 3. The number of rotatable bonds is 0. The van der Waals surface area contributed by atoms with Crippen LogP contribution in [0.15, 0.2) is 53.4 Å². The average Bonchev–Trinajstić information content (AvgIpc) is 2.76. The van der Waals surface area contributed by atoms with Crippen molar-refractivity contribution in [1.29, 1.82) is 0 Å². The molecule has 33 heavy (non-hydrogen) atoms. The second-order valence-corrected chi connectivity index (χ2v) is 9.27. The van der Waals surface area contributed by atoms with Crippen LogP contribution in [0.5, 0.6) is 11.5 Å². The molecule has 7 nitrogen and oxygen atoms in total. The highest BCUT2D eigenvalue weighted by molar-refractivity contribution is 7.92. The number of hydrogen-bond donors (Lipinski definition) is 3. The van der Waals surface area contributed by atoms with Crippen LogP contribution in [-0.2, 0) is 10.0 Å². The molecule has 0 radical (unpaired) electrons. The van der Waals surface area contributed by atoms with Gasteiger partial charge in [-0.2, -0.15) is 0 Å². The molecule has 0 aliphatic carbocycles. The summed E-state index contributed by atoms with van der Waals surface area (Å²) in [6, 6.07) is 9.91. The Morgan fingerprint density at radius 3 is 2.61 bits per heavy atom. The quantitative estimate of drug-likeness (QED) is 0.432. The summed E-state index contributed by atoms with van der Waals surface area (Å²) >= 11 is 5.94. The number of phenols is 1. The van der Waals surface area contributed by atoms with Gasteiger partial charge in [0.2, 0.25) is 0 Å². The van der Waals surface area contributed by atoms with Gasteiger partial charge in [0.15, 0.2) is 5.75 Å². The number of nitrogens with one attached hydrogen (secondary N) is 2. The number of amides is 1. The highest BCUT2D eigenvalue weighted by Gasteiger charge is 2.25. The van der Waals surface area contributed by atoms with Gasteiger partial charge in [0.05, 0.1) is 17.3 Å². The maximum Gasteiger partial charge on any atom is 0.265 e. The standard InChI is InChI=1S/C22H17ClF2N2O5S/c23-16-8-13-9-20(21(16)28)33(30,31)27-19-10-15(17(24)11-18(19)25)12-3-1-4-14(7-12)32-6-2-5-26-22(13)29/h1,3-4,7-11,27-28H,2,5-6H2,(H,26,29). The summed E-state index contributed by atoms with van der Waals surface area (Å²) in [7, 11) is -4.62. The molecule has 172 valence electrons. The first-order chi connectivity index (χ1) is 15.7.